The maximum Gasteiger partial charge on any atom is 0.202 e. The molecule has 7 aromatic rings. The predicted molar refractivity (Wildman–Crippen MR) is 169 cm³/mol. The summed E-state index contributed by atoms with van der Waals surface area (Å²) in [5, 5.41) is 1.08. The van der Waals surface area contributed by atoms with Gasteiger partial charge in [-0.1, -0.05) is 78.9 Å². The van der Waals surface area contributed by atoms with Crippen molar-refractivity contribution < 1.29 is 4.42 Å². The summed E-state index contributed by atoms with van der Waals surface area (Å²) in [5.74, 6) is 0. The Labute approximate surface area is 238 Å². The van der Waals surface area contributed by atoms with Crippen LogP contribution in [0.5, 0.6) is 0 Å². The van der Waals surface area contributed by atoms with Crippen LogP contribution in [0.3, 0.4) is 0 Å². The van der Waals surface area contributed by atoms with Crippen molar-refractivity contribution in [3.8, 4) is 0 Å². The molecule has 0 atom stereocenters. The molecule has 0 saturated heterocycles. The number of hydrogen-bond donors (Lipinski definition) is 0. The summed E-state index contributed by atoms with van der Waals surface area (Å²) in [5.41, 5.74) is 6.66. The third-order valence-corrected chi connectivity index (χ3v) is 7.22. The van der Waals surface area contributed by atoms with Crippen LogP contribution in [0.1, 0.15) is 0 Å². The molecule has 0 aliphatic carbocycles. The van der Waals surface area contributed by atoms with Gasteiger partial charge in [0.25, 0.3) is 0 Å². The second-order valence-corrected chi connectivity index (χ2v) is 9.77. The van der Waals surface area contributed by atoms with Crippen molar-refractivity contribution >= 4 is 56.1 Å². The molecule has 4 nitrogen and oxygen atoms in total. The summed E-state index contributed by atoms with van der Waals surface area (Å²) in [6, 6.07) is 52.1. The lowest BCUT2D eigenvalue weighted by Gasteiger charge is -2.26. The van der Waals surface area contributed by atoms with Gasteiger partial charge in [0.2, 0.25) is 5.43 Å². The van der Waals surface area contributed by atoms with Gasteiger partial charge in [-0.05, 0) is 72.8 Å². The Kier molecular flexibility index (Phi) is 6.26. The van der Waals surface area contributed by atoms with Crippen LogP contribution in [0.25, 0.3) is 21.9 Å². The van der Waals surface area contributed by atoms with Crippen molar-refractivity contribution in [1.82, 2.24) is 0 Å². The molecule has 0 amide bonds. The molecule has 0 fully saturated rings. The molecule has 0 N–H and O–H groups in total. The van der Waals surface area contributed by atoms with E-state index in [9.17, 15) is 4.79 Å². The van der Waals surface area contributed by atoms with Crippen LogP contribution in [0.2, 0.25) is 0 Å². The van der Waals surface area contributed by atoms with Crippen molar-refractivity contribution in [1.29, 1.82) is 0 Å². The lowest BCUT2D eigenvalue weighted by molar-refractivity contribution is 0.660. The fourth-order valence-corrected chi connectivity index (χ4v) is 5.38. The number of rotatable bonds is 6. The Morgan fingerprint density at radius 1 is 0.415 bits per heavy atom. The predicted octanol–water partition coefficient (Wildman–Crippen LogP) is 9.89. The second kappa shape index (κ2) is 10.5. The zero-order valence-electron chi connectivity index (χ0n) is 22.2. The van der Waals surface area contributed by atoms with Gasteiger partial charge in [0, 0.05) is 34.5 Å². The van der Waals surface area contributed by atoms with E-state index in [0.717, 1.165) is 34.1 Å². The molecule has 0 saturated carbocycles. The lowest BCUT2D eigenvalue weighted by Crippen LogP contribution is -2.14. The van der Waals surface area contributed by atoms with Gasteiger partial charge >= 0.3 is 0 Å². The maximum atomic E-state index is 14.2. The van der Waals surface area contributed by atoms with E-state index in [1.54, 1.807) is 0 Å². The normalized spacial score (nSPS) is 11.0. The van der Waals surface area contributed by atoms with E-state index >= 15 is 0 Å². The Morgan fingerprint density at radius 3 is 1.41 bits per heavy atom. The summed E-state index contributed by atoms with van der Waals surface area (Å²) >= 11 is 0. The minimum absolute atomic E-state index is 0.0637. The van der Waals surface area contributed by atoms with E-state index in [4.69, 9.17) is 4.42 Å². The Hall–Kier alpha value is -5.61. The topological polar surface area (TPSA) is 36.7 Å². The molecule has 1 heterocycles. The van der Waals surface area contributed by atoms with Crippen molar-refractivity contribution in [3.05, 3.63) is 168 Å². The van der Waals surface area contributed by atoms with Gasteiger partial charge in [0.1, 0.15) is 11.2 Å². The van der Waals surface area contributed by atoms with Gasteiger partial charge in [-0.25, -0.2) is 0 Å². The van der Waals surface area contributed by atoms with Crippen LogP contribution in [-0.2, 0) is 0 Å². The van der Waals surface area contributed by atoms with Gasteiger partial charge in [0.05, 0.1) is 16.5 Å². The molecule has 0 aliphatic rings. The number of para-hydroxylation sites is 4. The summed E-state index contributed by atoms with van der Waals surface area (Å²) in [6.45, 7) is 0. The van der Waals surface area contributed by atoms with Gasteiger partial charge in [-0.15, -0.1) is 0 Å². The highest BCUT2D eigenvalue weighted by Gasteiger charge is 2.20. The van der Waals surface area contributed by atoms with E-state index < -0.39 is 0 Å². The third kappa shape index (κ3) is 4.52. The van der Waals surface area contributed by atoms with E-state index in [1.165, 1.54) is 0 Å². The molecule has 0 aliphatic heterocycles. The summed E-state index contributed by atoms with van der Waals surface area (Å²) < 4.78 is 6.50. The molecule has 41 heavy (non-hydrogen) atoms. The quantitative estimate of drug-likeness (QED) is 0.201. The SMILES string of the molecule is O=c1c2ccc(N(c3ccccc3)c3ccccc3)cc2oc2cccc(N(c3ccccc3)c3ccccc3)c12. The highest BCUT2D eigenvalue weighted by molar-refractivity contribution is 6.01. The van der Waals surface area contributed by atoms with E-state index in [1.807, 2.05) is 133 Å². The first-order chi connectivity index (χ1) is 20.3. The number of nitrogens with zero attached hydrogens (tertiary/aromatic N) is 2. The number of anilines is 6. The first kappa shape index (κ1) is 24.4. The molecular weight excluding hydrogens is 504 g/mol. The van der Waals surface area contributed by atoms with E-state index in [2.05, 4.69) is 34.1 Å². The molecule has 0 unspecified atom stereocenters. The minimum atomic E-state index is -0.0637. The fourth-order valence-electron chi connectivity index (χ4n) is 5.38. The van der Waals surface area contributed by atoms with Gasteiger partial charge in [0.15, 0.2) is 0 Å². The zero-order valence-corrected chi connectivity index (χ0v) is 22.2. The smallest absolute Gasteiger partial charge is 0.202 e. The zero-order chi connectivity index (χ0) is 27.6. The molecule has 0 radical (unpaired) electrons. The van der Waals surface area contributed by atoms with E-state index in [-0.39, 0.29) is 5.43 Å². The van der Waals surface area contributed by atoms with Gasteiger partial charge in [-0.2, -0.15) is 0 Å². The monoisotopic (exact) mass is 530 g/mol. The summed E-state index contributed by atoms with van der Waals surface area (Å²) in [7, 11) is 0. The van der Waals surface area contributed by atoms with Crippen molar-refractivity contribution in [3.63, 3.8) is 0 Å². The third-order valence-electron chi connectivity index (χ3n) is 7.22. The molecule has 4 heteroatoms. The van der Waals surface area contributed by atoms with E-state index in [0.29, 0.717) is 21.9 Å². The Balaban J connectivity index is 1.43. The lowest BCUT2D eigenvalue weighted by atomic mass is 10.1. The highest BCUT2D eigenvalue weighted by atomic mass is 16.3. The van der Waals surface area contributed by atoms with Crippen molar-refractivity contribution in [2.45, 2.75) is 0 Å². The maximum absolute atomic E-state index is 14.2. The average Bonchev–Trinajstić information content (AvgIpc) is 3.03. The molecule has 196 valence electrons. The largest absolute Gasteiger partial charge is 0.456 e. The first-order valence-electron chi connectivity index (χ1n) is 13.6. The molecule has 0 bridgehead atoms. The van der Waals surface area contributed by atoms with Crippen LogP contribution < -0.4 is 15.2 Å². The standard InChI is InChI=1S/C37H26N2O2/c40-37-32-25-24-31(38(27-14-5-1-6-15-27)28-16-7-2-8-17-28)26-35(32)41-34-23-13-22-33(36(34)37)39(29-18-9-3-10-19-29)30-20-11-4-12-21-30/h1-26H. The Morgan fingerprint density at radius 2 is 0.902 bits per heavy atom. The molecule has 1 aromatic heterocycles. The summed E-state index contributed by atoms with van der Waals surface area (Å²) in [4.78, 5) is 18.5. The molecule has 7 rings (SSSR count). The highest BCUT2D eigenvalue weighted by Crippen LogP contribution is 2.39. The number of fused-ring (bicyclic) bond motifs is 2. The molecule has 0 spiro atoms. The minimum Gasteiger partial charge on any atom is -0.456 e. The average molecular weight is 531 g/mol. The first-order valence-corrected chi connectivity index (χ1v) is 13.6. The Bertz CT molecular complexity index is 1930. The summed E-state index contributed by atoms with van der Waals surface area (Å²) in [6.07, 6.45) is 0. The van der Waals surface area contributed by atoms with Crippen LogP contribution in [0.15, 0.2) is 167 Å². The number of hydrogen-bond acceptors (Lipinski definition) is 4. The number of benzene rings is 6. The van der Waals surface area contributed by atoms with Gasteiger partial charge in [-0.3, -0.25) is 4.79 Å². The molecule has 6 aromatic carbocycles. The van der Waals surface area contributed by atoms with Crippen LogP contribution in [0.4, 0.5) is 34.1 Å². The van der Waals surface area contributed by atoms with Crippen LogP contribution in [-0.4, -0.2) is 0 Å². The van der Waals surface area contributed by atoms with Gasteiger partial charge < -0.3 is 14.2 Å². The molecular formula is C37H26N2O2. The van der Waals surface area contributed by atoms with Crippen LogP contribution >= 0.6 is 0 Å². The van der Waals surface area contributed by atoms with Crippen molar-refractivity contribution in [2.75, 3.05) is 9.80 Å². The van der Waals surface area contributed by atoms with Crippen LogP contribution in [0, 0.1) is 0 Å². The second-order valence-electron chi connectivity index (χ2n) is 9.77. The fraction of sp³-hybridized carbons (Fsp3) is 0. The van der Waals surface area contributed by atoms with Crippen molar-refractivity contribution in [2.24, 2.45) is 0 Å².